The average molecular weight is 480 g/mol. The summed E-state index contributed by atoms with van der Waals surface area (Å²) >= 11 is 0. The number of rotatable bonds is 9. The van der Waals surface area contributed by atoms with Gasteiger partial charge in [-0.05, 0) is 77.0 Å². The molecule has 0 aromatic carbocycles. The Morgan fingerprint density at radius 2 is 0.750 bits per heavy atom. The van der Waals surface area contributed by atoms with E-state index in [9.17, 15) is 4.57 Å². The molecule has 0 heterocycles. The van der Waals surface area contributed by atoms with Crippen molar-refractivity contribution in [2.24, 2.45) is 34.4 Å². The van der Waals surface area contributed by atoms with Crippen LogP contribution >= 0.6 is 7.82 Å². The first-order valence-corrected chi connectivity index (χ1v) is 13.0. The molecule has 15 N–H and O–H groups in total. The number of hydrogen-bond donors (Lipinski definition) is 9. The number of hydrogen-bond acceptors (Lipinski definition) is 13. The van der Waals surface area contributed by atoms with Gasteiger partial charge in [0.25, 0.3) is 0 Å². The van der Waals surface area contributed by atoms with Crippen LogP contribution in [0.3, 0.4) is 0 Å². The zero-order valence-corrected chi connectivity index (χ0v) is 19.7. The van der Waals surface area contributed by atoms with E-state index in [0.29, 0.717) is 77.0 Å². The zero-order valence-electron chi connectivity index (χ0n) is 18.8. The van der Waals surface area contributed by atoms with E-state index in [-0.39, 0.29) is 18.1 Å². The summed E-state index contributed by atoms with van der Waals surface area (Å²) in [5.74, 6) is 0. The van der Waals surface area contributed by atoms with Gasteiger partial charge in [0.1, 0.15) is 0 Å². The third-order valence-electron chi connectivity index (χ3n) is 6.74. The predicted octanol–water partition coefficient (Wildman–Crippen LogP) is -0.673. The molecule has 0 aromatic heterocycles. The van der Waals surface area contributed by atoms with Gasteiger partial charge in [-0.2, -0.15) is 30.3 Å². The molecule has 0 aliphatic heterocycles. The number of nitrogens with two attached hydrogens (primary N) is 6. The molecule has 0 unspecified atom stereocenters. The van der Waals surface area contributed by atoms with E-state index in [2.05, 4.69) is 16.4 Å². The van der Waals surface area contributed by atoms with Crippen molar-refractivity contribution in [1.29, 1.82) is 0 Å². The van der Waals surface area contributed by atoms with Gasteiger partial charge in [-0.15, -0.1) is 0 Å². The van der Waals surface area contributed by atoms with Crippen molar-refractivity contribution in [1.82, 2.24) is 16.4 Å². The molecule has 0 atom stereocenters. The maximum atomic E-state index is 13.3. The van der Waals surface area contributed by atoms with Gasteiger partial charge in [-0.3, -0.25) is 0 Å². The maximum Gasteiger partial charge on any atom is 0.524 e. The van der Waals surface area contributed by atoms with Crippen LogP contribution in [0, 0.1) is 0 Å². The average Bonchev–Trinajstić information content (AvgIpc) is 2.72. The molecule has 3 aliphatic rings. The van der Waals surface area contributed by atoms with Gasteiger partial charge in [0, 0.05) is 18.1 Å². The fourth-order valence-electron chi connectivity index (χ4n) is 4.29. The summed E-state index contributed by atoms with van der Waals surface area (Å²) in [5.41, 5.74) is 42.2. The van der Waals surface area contributed by atoms with Gasteiger partial charge in [-0.25, -0.2) is 4.57 Å². The lowest BCUT2D eigenvalue weighted by molar-refractivity contribution is -0.0212. The normalized spacial score (nSPS) is 27.4. The summed E-state index contributed by atoms with van der Waals surface area (Å²) < 4.78 is 29.7. The highest BCUT2D eigenvalue weighted by molar-refractivity contribution is 7.48. The molecule has 3 fully saturated rings. The van der Waals surface area contributed by atoms with Crippen molar-refractivity contribution >= 4 is 7.82 Å². The molecule has 3 aliphatic carbocycles. The van der Waals surface area contributed by atoms with Crippen LogP contribution in [0.25, 0.3) is 0 Å². The van der Waals surface area contributed by atoms with Crippen molar-refractivity contribution < 1.29 is 18.4 Å². The van der Waals surface area contributed by atoms with Crippen LogP contribution in [-0.4, -0.2) is 35.1 Å². The zero-order chi connectivity index (χ0) is 23.5. The van der Waals surface area contributed by atoms with E-state index in [4.69, 9.17) is 48.3 Å². The maximum absolute atomic E-state index is 13.3. The molecule has 0 amide bonds. The number of hydroxylamine groups is 3. The lowest BCUT2D eigenvalue weighted by atomic mass is 9.87. The largest absolute Gasteiger partial charge is 0.524 e. The summed E-state index contributed by atoms with van der Waals surface area (Å²) in [6.07, 6.45) is 7.86. The molecule has 14 heteroatoms. The molecule has 0 bridgehead atoms. The quantitative estimate of drug-likeness (QED) is 0.113. The van der Waals surface area contributed by atoms with Crippen LogP contribution in [0.5, 0.6) is 0 Å². The van der Waals surface area contributed by atoms with Gasteiger partial charge in [0.2, 0.25) is 0 Å². The highest BCUT2D eigenvalue weighted by atomic mass is 31.2. The molecular formula is C18H42N9O4P. The second-order valence-corrected chi connectivity index (χ2v) is 11.5. The molecule has 0 saturated heterocycles. The lowest BCUT2D eigenvalue weighted by Gasteiger charge is -2.36. The lowest BCUT2D eigenvalue weighted by Crippen LogP contribution is -2.54. The first kappa shape index (κ1) is 26.4. The van der Waals surface area contributed by atoms with Crippen molar-refractivity contribution in [3.8, 4) is 0 Å². The van der Waals surface area contributed by atoms with Gasteiger partial charge in [0.05, 0.1) is 17.0 Å². The Morgan fingerprint density at radius 1 is 0.531 bits per heavy atom. The van der Waals surface area contributed by atoms with Crippen LogP contribution in [-0.2, 0) is 18.4 Å². The van der Waals surface area contributed by atoms with E-state index in [1.54, 1.807) is 0 Å². The third-order valence-corrected chi connectivity index (χ3v) is 7.73. The molecular weight excluding hydrogens is 437 g/mol. The highest BCUT2D eigenvalue weighted by Gasteiger charge is 2.37. The van der Waals surface area contributed by atoms with E-state index >= 15 is 0 Å². The fourth-order valence-corrected chi connectivity index (χ4v) is 5.24. The van der Waals surface area contributed by atoms with E-state index in [0.717, 1.165) is 0 Å². The standard InChI is InChI=1S/C18H42N9O4P/c19-16(20)7-1-13(2-8-16)25-29-32(28,30-26-14-3-9-17(21,22)10-4-14)31-27-15-5-11-18(23,24)12-6-15/h13-15,25-27H,1-12,19-24H2. The van der Waals surface area contributed by atoms with Crippen molar-refractivity contribution in [2.45, 2.75) is 112 Å². The SMILES string of the molecule is NC1(N)CCC(NOP(=O)(ONC2CCC(N)(N)CC2)ONC2CCC(N)(N)CC2)CC1. The predicted molar refractivity (Wildman–Crippen MR) is 120 cm³/mol. The number of phosphoric acid groups is 1. The molecule has 0 aromatic rings. The Bertz CT molecular complexity index is 551. The minimum absolute atomic E-state index is 0.0645. The monoisotopic (exact) mass is 479 g/mol. The summed E-state index contributed by atoms with van der Waals surface area (Å²) in [6.45, 7) is 0. The molecule has 32 heavy (non-hydrogen) atoms. The van der Waals surface area contributed by atoms with Crippen LogP contribution in [0.1, 0.15) is 77.0 Å². The Labute approximate surface area is 189 Å². The molecule has 0 spiro atoms. The van der Waals surface area contributed by atoms with E-state index < -0.39 is 24.8 Å². The molecule has 13 nitrogen and oxygen atoms in total. The van der Waals surface area contributed by atoms with Crippen molar-refractivity contribution in [3.05, 3.63) is 0 Å². The summed E-state index contributed by atoms with van der Waals surface area (Å²) in [4.78, 5) is 0. The first-order chi connectivity index (χ1) is 14.9. The first-order valence-electron chi connectivity index (χ1n) is 11.5. The van der Waals surface area contributed by atoms with Crippen molar-refractivity contribution in [2.75, 3.05) is 0 Å². The summed E-state index contributed by atoms with van der Waals surface area (Å²) in [6, 6.07) is -0.194. The summed E-state index contributed by atoms with van der Waals surface area (Å²) in [5, 5.41) is 0. The van der Waals surface area contributed by atoms with Crippen molar-refractivity contribution in [3.63, 3.8) is 0 Å². The topological polar surface area (TPSA) is 237 Å². The number of nitrogens with one attached hydrogen (secondary N) is 3. The Kier molecular flexibility index (Phi) is 8.70. The highest BCUT2D eigenvalue weighted by Crippen LogP contribution is 2.47. The Hall–Kier alpha value is -0.250. The van der Waals surface area contributed by atoms with Gasteiger partial charge < -0.3 is 34.4 Å². The Balaban J connectivity index is 1.51. The van der Waals surface area contributed by atoms with Crippen LogP contribution in [0.4, 0.5) is 0 Å². The third kappa shape index (κ3) is 8.51. The van der Waals surface area contributed by atoms with Gasteiger partial charge in [0.15, 0.2) is 0 Å². The summed E-state index contributed by atoms with van der Waals surface area (Å²) in [7, 11) is -4.04. The molecule has 188 valence electrons. The minimum atomic E-state index is -4.04. The van der Waals surface area contributed by atoms with E-state index in [1.165, 1.54) is 0 Å². The smallest absolute Gasteiger partial charge is 0.313 e. The molecule has 3 saturated carbocycles. The van der Waals surface area contributed by atoms with Crippen LogP contribution < -0.4 is 50.8 Å². The van der Waals surface area contributed by atoms with E-state index in [1.807, 2.05) is 0 Å². The second-order valence-electron chi connectivity index (χ2n) is 10.1. The van der Waals surface area contributed by atoms with Gasteiger partial charge in [-0.1, -0.05) is 0 Å². The van der Waals surface area contributed by atoms with Gasteiger partial charge >= 0.3 is 7.82 Å². The Morgan fingerprint density at radius 3 is 0.969 bits per heavy atom. The fraction of sp³-hybridized carbons (Fsp3) is 1.00. The molecule has 0 radical (unpaired) electrons. The second kappa shape index (κ2) is 10.6. The minimum Gasteiger partial charge on any atom is -0.313 e. The van der Waals surface area contributed by atoms with Crippen LogP contribution in [0.2, 0.25) is 0 Å². The van der Waals surface area contributed by atoms with Crippen LogP contribution in [0.15, 0.2) is 0 Å². The molecule has 3 rings (SSSR count).